The van der Waals surface area contributed by atoms with Crippen molar-refractivity contribution in [3.63, 3.8) is 0 Å². The number of hydrogen-bond acceptors (Lipinski definition) is 3. The van der Waals surface area contributed by atoms with Gasteiger partial charge in [-0.05, 0) is 12.8 Å². The van der Waals surface area contributed by atoms with Crippen LogP contribution in [-0.4, -0.2) is 25.3 Å². The van der Waals surface area contributed by atoms with Crippen LogP contribution < -0.4 is 11.5 Å². The Morgan fingerprint density at radius 2 is 2.33 bits per heavy atom. The van der Waals surface area contributed by atoms with Crippen molar-refractivity contribution in [3.8, 4) is 0 Å². The molecule has 3 heteroatoms. The van der Waals surface area contributed by atoms with E-state index in [1.165, 1.54) is 0 Å². The lowest BCUT2D eigenvalue weighted by atomic mass is 9.94. The fourth-order valence-electron chi connectivity index (χ4n) is 1.03. The Morgan fingerprint density at radius 3 is 2.67 bits per heavy atom. The predicted molar refractivity (Wildman–Crippen MR) is 36.0 cm³/mol. The molecule has 0 aromatic heterocycles. The van der Waals surface area contributed by atoms with Crippen molar-refractivity contribution in [3.05, 3.63) is 0 Å². The zero-order valence-corrected chi connectivity index (χ0v) is 5.60. The van der Waals surface area contributed by atoms with Gasteiger partial charge in [0.25, 0.3) is 0 Å². The number of hydrogen-bond donors (Lipinski definition) is 2. The SMILES string of the molecule is NC[C@@]1(N)CCCOC1. The molecule has 1 saturated heterocycles. The molecule has 1 aliphatic heterocycles. The second-order valence-corrected chi connectivity index (χ2v) is 2.72. The molecule has 0 aromatic rings. The van der Waals surface area contributed by atoms with Gasteiger partial charge in [0.2, 0.25) is 0 Å². The number of rotatable bonds is 1. The third-order valence-corrected chi connectivity index (χ3v) is 1.76. The summed E-state index contributed by atoms with van der Waals surface area (Å²) in [4.78, 5) is 0. The molecule has 0 aromatic carbocycles. The maximum atomic E-state index is 5.81. The van der Waals surface area contributed by atoms with Gasteiger partial charge in [-0.25, -0.2) is 0 Å². The maximum Gasteiger partial charge on any atom is 0.0658 e. The van der Waals surface area contributed by atoms with Crippen LogP contribution in [0.3, 0.4) is 0 Å². The zero-order valence-electron chi connectivity index (χ0n) is 5.60. The summed E-state index contributed by atoms with van der Waals surface area (Å²) in [6.07, 6.45) is 2.05. The molecule has 1 fully saturated rings. The largest absolute Gasteiger partial charge is 0.379 e. The quantitative estimate of drug-likeness (QED) is 0.501. The van der Waals surface area contributed by atoms with E-state index in [4.69, 9.17) is 16.2 Å². The van der Waals surface area contributed by atoms with E-state index in [2.05, 4.69) is 0 Å². The second-order valence-electron chi connectivity index (χ2n) is 2.72. The summed E-state index contributed by atoms with van der Waals surface area (Å²) >= 11 is 0. The van der Waals surface area contributed by atoms with Crippen LogP contribution in [0.1, 0.15) is 12.8 Å². The molecule has 0 amide bonds. The average Bonchev–Trinajstić information content (AvgIpc) is 1.90. The summed E-state index contributed by atoms with van der Waals surface area (Å²) in [6.45, 7) is 2.01. The predicted octanol–water partition coefficient (Wildman–Crippen LogP) is -0.547. The topological polar surface area (TPSA) is 61.3 Å². The van der Waals surface area contributed by atoms with E-state index in [9.17, 15) is 0 Å². The van der Waals surface area contributed by atoms with Crippen LogP contribution in [0.15, 0.2) is 0 Å². The van der Waals surface area contributed by atoms with Gasteiger partial charge in [0.05, 0.1) is 12.1 Å². The molecule has 1 aliphatic rings. The van der Waals surface area contributed by atoms with Crippen molar-refractivity contribution in [2.24, 2.45) is 11.5 Å². The van der Waals surface area contributed by atoms with Crippen LogP contribution in [0.5, 0.6) is 0 Å². The molecule has 0 bridgehead atoms. The fraction of sp³-hybridized carbons (Fsp3) is 1.00. The Bertz CT molecular complexity index is 89.1. The molecule has 0 unspecified atom stereocenters. The summed E-state index contributed by atoms with van der Waals surface area (Å²) in [5.41, 5.74) is 11.0. The first-order chi connectivity index (χ1) is 4.27. The van der Waals surface area contributed by atoms with E-state index in [1.807, 2.05) is 0 Å². The minimum absolute atomic E-state index is 0.224. The Morgan fingerprint density at radius 1 is 1.56 bits per heavy atom. The standard InChI is InChI=1S/C6H14N2O/c7-4-6(8)2-1-3-9-5-6/h1-5,7-8H2/t6-/m0/s1. The molecule has 4 N–H and O–H groups in total. The van der Waals surface area contributed by atoms with Crippen LogP contribution in [0.4, 0.5) is 0 Å². The van der Waals surface area contributed by atoms with Gasteiger partial charge >= 0.3 is 0 Å². The number of ether oxygens (including phenoxy) is 1. The number of nitrogens with two attached hydrogens (primary N) is 2. The van der Waals surface area contributed by atoms with E-state index in [0.717, 1.165) is 19.4 Å². The smallest absolute Gasteiger partial charge is 0.0658 e. The molecule has 1 atom stereocenters. The van der Waals surface area contributed by atoms with Gasteiger partial charge in [0.1, 0.15) is 0 Å². The highest BCUT2D eigenvalue weighted by atomic mass is 16.5. The highest BCUT2D eigenvalue weighted by Crippen LogP contribution is 2.13. The van der Waals surface area contributed by atoms with Crippen molar-refractivity contribution in [2.75, 3.05) is 19.8 Å². The van der Waals surface area contributed by atoms with Crippen LogP contribution in [0, 0.1) is 0 Å². The van der Waals surface area contributed by atoms with Gasteiger partial charge in [0, 0.05) is 13.2 Å². The third kappa shape index (κ3) is 1.64. The summed E-state index contributed by atoms with van der Waals surface area (Å²) in [6, 6.07) is 0. The molecule has 0 aliphatic carbocycles. The Balaban J connectivity index is 2.37. The van der Waals surface area contributed by atoms with Gasteiger partial charge in [-0.1, -0.05) is 0 Å². The molecule has 1 heterocycles. The molecule has 0 saturated carbocycles. The van der Waals surface area contributed by atoms with Gasteiger partial charge in [-0.15, -0.1) is 0 Å². The highest BCUT2D eigenvalue weighted by molar-refractivity contribution is 4.86. The van der Waals surface area contributed by atoms with Crippen LogP contribution in [0.2, 0.25) is 0 Å². The lowest BCUT2D eigenvalue weighted by Gasteiger charge is -2.31. The molecule has 1 rings (SSSR count). The normalized spacial score (nSPS) is 36.7. The van der Waals surface area contributed by atoms with Crippen molar-refractivity contribution >= 4 is 0 Å². The lowest BCUT2D eigenvalue weighted by molar-refractivity contribution is 0.0417. The summed E-state index contributed by atoms with van der Waals surface area (Å²) < 4.78 is 5.17. The van der Waals surface area contributed by atoms with Crippen LogP contribution in [0.25, 0.3) is 0 Å². The van der Waals surface area contributed by atoms with E-state index >= 15 is 0 Å². The highest BCUT2D eigenvalue weighted by Gasteiger charge is 2.25. The molecular formula is C6H14N2O. The molecule has 9 heavy (non-hydrogen) atoms. The molecule has 0 spiro atoms. The van der Waals surface area contributed by atoms with Gasteiger partial charge in [-0.2, -0.15) is 0 Å². The second kappa shape index (κ2) is 2.64. The molecule has 3 nitrogen and oxygen atoms in total. The summed E-state index contributed by atoms with van der Waals surface area (Å²) in [7, 11) is 0. The average molecular weight is 130 g/mol. The first kappa shape index (κ1) is 6.99. The summed E-state index contributed by atoms with van der Waals surface area (Å²) in [5, 5.41) is 0. The fourth-order valence-corrected chi connectivity index (χ4v) is 1.03. The van der Waals surface area contributed by atoms with Crippen LogP contribution in [-0.2, 0) is 4.74 Å². The van der Waals surface area contributed by atoms with Crippen molar-refractivity contribution in [1.29, 1.82) is 0 Å². The first-order valence-corrected chi connectivity index (χ1v) is 3.33. The van der Waals surface area contributed by atoms with Crippen LogP contribution >= 0.6 is 0 Å². The van der Waals surface area contributed by atoms with Gasteiger partial charge in [0.15, 0.2) is 0 Å². The summed E-state index contributed by atoms with van der Waals surface area (Å²) in [5.74, 6) is 0. The maximum absolute atomic E-state index is 5.81. The Hall–Kier alpha value is -0.120. The third-order valence-electron chi connectivity index (χ3n) is 1.76. The molecular weight excluding hydrogens is 116 g/mol. The molecule has 54 valence electrons. The Kier molecular flexibility index (Phi) is 2.05. The van der Waals surface area contributed by atoms with Crippen molar-refractivity contribution in [2.45, 2.75) is 18.4 Å². The van der Waals surface area contributed by atoms with Gasteiger partial charge in [-0.3, -0.25) is 0 Å². The minimum Gasteiger partial charge on any atom is -0.379 e. The lowest BCUT2D eigenvalue weighted by Crippen LogP contribution is -2.53. The van der Waals surface area contributed by atoms with E-state index in [0.29, 0.717) is 13.2 Å². The van der Waals surface area contributed by atoms with Crippen molar-refractivity contribution in [1.82, 2.24) is 0 Å². The first-order valence-electron chi connectivity index (χ1n) is 3.33. The van der Waals surface area contributed by atoms with E-state index in [-0.39, 0.29) is 5.54 Å². The monoisotopic (exact) mass is 130 g/mol. The minimum atomic E-state index is -0.224. The Labute approximate surface area is 55.4 Å². The van der Waals surface area contributed by atoms with E-state index < -0.39 is 0 Å². The zero-order chi connectivity index (χ0) is 6.74. The van der Waals surface area contributed by atoms with Gasteiger partial charge < -0.3 is 16.2 Å². The van der Waals surface area contributed by atoms with E-state index in [1.54, 1.807) is 0 Å². The molecule has 0 radical (unpaired) electrons. The van der Waals surface area contributed by atoms with Crippen molar-refractivity contribution < 1.29 is 4.74 Å².